The highest BCUT2D eigenvalue weighted by Crippen LogP contribution is 2.29. The highest BCUT2D eigenvalue weighted by Gasteiger charge is 2.27. The van der Waals surface area contributed by atoms with Crippen LogP contribution >= 0.6 is 0 Å². The zero-order valence-electron chi connectivity index (χ0n) is 9.26. The number of rotatable bonds is 3. The zero-order valence-corrected chi connectivity index (χ0v) is 9.26. The van der Waals surface area contributed by atoms with E-state index in [4.69, 9.17) is 4.74 Å². The predicted octanol–water partition coefficient (Wildman–Crippen LogP) is 1.53. The van der Waals surface area contributed by atoms with Gasteiger partial charge in [0.25, 0.3) is 0 Å². The average Bonchev–Trinajstić information content (AvgIpc) is 2.88. The van der Waals surface area contributed by atoms with Crippen LogP contribution in [0.5, 0.6) is 0 Å². The fourth-order valence-electron chi connectivity index (χ4n) is 2.02. The van der Waals surface area contributed by atoms with Gasteiger partial charge in [0.05, 0.1) is 24.8 Å². The minimum Gasteiger partial charge on any atom is -0.386 e. The van der Waals surface area contributed by atoms with Crippen LogP contribution in [0.2, 0.25) is 0 Å². The molecule has 0 radical (unpaired) electrons. The molecule has 0 amide bonds. The molecule has 1 aromatic rings. The molecule has 1 aliphatic rings. The van der Waals surface area contributed by atoms with Crippen molar-refractivity contribution in [3.8, 4) is 0 Å². The van der Waals surface area contributed by atoms with E-state index in [-0.39, 0.29) is 5.92 Å². The van der Waals surface area contributed by atoms with Crippen molar-refractivity contribution in [3.63, 3.8) is 0 Å². The Morgan fingerprint density at radius 1 is 1.60 bits per heavy atom. The second-order valence-corrected chi connectivity index (χ2v) is 4.39. The summed E-state index contributed by atoms with van der Waals surface area (Å²) in [5.74, 6) is 0.221. The minimum absolute atomic E-state index is 0.221. The van der Waals surface area contributed by atoms with Gasteiger partial charge in [-0.15, -0.1) is 0 Å². The second-order valence-electron chi connectivity index (χ2n) is 4.39. The van der Waals surface area contributed by atoms with Gasteiger partial charge in [0, 0.05) is 18.6 Å². The van der Waals surface area contributed by atoms with Gasteiger partial charge >= 0.3 is 0 Å². The highest BCUT2D eigenvalue weighted by atomic mass is 16.5. The number of nitrogens with zero attached hydrogens (tertiary/aromatic N) is 2. The molecule has 0 aromatic carbocycles. The largest absolute Gasteiger partial charge is 0.386 e. The predicted molar refractivity (Wildman–Crippen MR) is 56.5 cm³/mol. The Bertz CT molecular complexity index is 316. The minimum atomic E-state index is -0.447. The van der Waals surface area contributed by atoms with Gasteiger partial charge in [-0.25, -0.2) is 4.98 Å². The van der Waals surface area contributed by atoms with Crippen molar-refractivity contribution in [1.82, 2.24) is 9.55 Å². The summed E-state index contributed by atoms with van der Waals surface area (Å²) >= 11 is 0. The van der Waals surface area contributed by atoms with Crippen LogP contribution in [-0.4, -0.2) is 27.9 Å². The van der Waals surface area contributed by atoms with E-state index < -0.39 is 6.10 Å². The quantitative estimate of drug-likeness (QED) is 0.823. The molecule has 1 aliphatic heterocycles. The van der Waals surface area contributed by atoms with Crippen molar-refractivity contribution in [2.75, 3.05) is 13.2 Å². The van der Waals surface area contributed by atoms with Gasteiger partial charge in [0.1, 0.15) is 6.10 Å². The van der Waals surface area contributed by atoms with Crippen LogP contribution in [0.4, 0.5) is 0 Å². The van der Waals surface area contributed by atoms with E-state index in [1.165, 1.54) is 0 Å². The standard InChI is InChI=1S/C11H18N2O2/c1-8(2)13-7-12-5-10(13)11(14)9-3-4-15-6-9/h5,7-9,11,14H,3-4,6H2,1-2H3. The highest BCUT2D eigenvalue weighted by molar-refractivity contribution is 5.06. The topological polar surface area (TPSA) is 47.3 Å². The molecule has 2 unspecified atom stereocenters. The van der Waals surface area contributed by atoms with Crippen molar-refractivity contribution in [2.45, 2.75) is 32.4 Å². The summed E-state index contributed by atoms with van der Waals surface area (Å²) in [6, 6.07) is 0.333. The number of hydrogen-bond donors (Lipinski definition) is 1. The van der Waals surface area contributed by atoms with Gasteiger partial charge in [0.15, 0.2) is 0 Å². The van der Waals surface area contributed by atoms with Crippen LogP contribution in [0.1, 0.15) is 38.1 Å². The molecule has 1 N–H and O–H groups in total. The summed E-state index contributed by atoms with van der Waals surface area (Å²) in [6.07, 6.45) is 4.02. The van der Waals surface area contributed by atoms with Crippen LogP contribution in [-0.2, 0) is 4.74 Å². The molecule has 2 heterocycles. The molecule has 0 saturated carbocycles. The molecule has 2 atom stereocenters. The van der Waals surface area contributed by atoms with Crippen LogP contribution in [0.25, 0.3) is 0 Å². The third-order valence-corrected chi connectivity index (χ3v) is 2.97. The Hall–Kier alpha value is -0.870. The van der Waals surface area contributed by atoms with Crippen LogP contribution in [0.3, 0.4) is 0 Å². The Kier molecular flexibility index (Phi) is 3.07. The van der Waals surface area contributed by atoms with Gasteiger partial charge in [-0.2, -0.15) is 0 Å². The summed E-state index contributed by atoms with van der Waals surface area (Å²) in [4.78, 5) is 4.10. The molecule has 15 heavy (non-hydrogen) atoms. The molecule has 0 aliphatic carbocycles. The Morgan fingerprint density at radius 2 is 2.40 bits per heavy atom. The van der Waals surface area contributed by atoms with E-state index in [1.54, 1.807) is 12.5 Å². The van der Waals surface area contributed by atoms with Crippen molar-refractivity contribution < 1.29 is 9.84 Å². The van der Waals surface area contributed by atoms with Gasteiger partial charge in [-0.3, -0.25) is 0 Å². The third kappa shape index (κ3) is 2.06. The zero-order chi connectivity index (χ0) is 10.8. The van der Waals surface area contributed by atoms with Gasteiger partial charge in [-0.05, 0) is 20.3 Å². The normalized spacial score (nSPS) is 23.6. The molecule has 1 fully saturated rings. The number of aromatic nitrogens is 2. The molecule has 1 aromatic heterocycles. The number of imidazole rings is 1. The smallest absolute Gasteiger partial charge is 0.101 e. The lowest BCUT2D eigenvalue weighted by molar-refractivity contribution is 0.0847. The Labute approximate surface area is 89.9 Å². The van der Waals surface area contributed by atoms with Gasteiger partial charge < -0.3 is 14.4 Å². The van der Waals surface area contributed by atoms with Gasteiger partial charge in [0.2, 0.25) is 0 Å². The van der Waals surface area contributed by atoms with Crippen molar-refractivity contribution >= 4 is 0 Å². The average molecular weight is 210 g/mol. The number of aliphatic hydroxyl groups excluding tert-OH is 1. The first-order valence-corrected chi connectivity index (χ1v) is 5.47. The summed E-state index contributed by atoms with van der Waals surface area (Å²) < 4.78 is 7.30. The van der Waals surface area contributed by atoms with Gasteiger partial charge in [-0.1, -0.05) is 0 Å². The summed E-state index contributed by atoms with van der Waals surface area (Å²) in [7, 11) is 0. The molecular weight excluding hydrogens is 192 g/mol. The monoisotopic (exact) mass is 210 g/mol. The second kappa shape index (κ2) is 4.33. The molecule has 0 spiro atoms. The van der Waals surface area contributed by atoms with Crippen molar-refractivity contribution in [2.24, 2.45) is 5.92 Å². The molecular formula is C11H18N2O2. The fraction of sp³-hybridized carbons (Fsp3) is 0.727. The third-order valence-electron chi connectivity index (χ3n) is 2.97. The molecule has 0 bridgehead atoms. The summed E-state index contributed by atoms with van der Waals surface area (Å²) in [5.41, 5.74) is 0.903. The molecule has 4 heteroatoms. The summed E-state index contributed by atoms with van der Waals surface area (Å²) in [6.45, 7) is 5.59. The number of aliphatic hydroxyl groups is 1. The first kappa shape index (κ1) is 10.6. The van der Waals surface area contributed by atoms with E-state index >= 15 is 0 Å². The molecule has 1 saturated heterocycles. The Balaban J connectivity index is 2.16. The van der Waals surface area contributed by atoms with E-state index in [0.717, 1.165) is 18.7 Å². The number of ether oxygens (including phenoxy) is 1. The lowest BCUT2D eigenvalue weighted by Gasteiger charge is -2.20. The van der Waals surface area contributed by atoms with Crippen LogP contribution < -0.4 is 0 Å². The van der Waals surface area contributed by atoms with E-state index in [9.17, 15) is 5.11 Å². The Morgan fingerprint density at radius 3 is 3.00 bits per heavy atom. The maximum Gasteiger partial charge on any atom is 0.101 e. The van der Waals surface area contributed by atoms with E-state index in [0.29, 0.717) is 12.6 Å². The van der Waals surface area contributed by atoms with Crippen LogP contribution in [0, 0.1) is 5.92 Å². The lowest BCUT2D eigenvalue weighted by Crippen LogP contribution is -2.17. The molecule has 4 nitrogen and oxygen atoms in total. The SMILES string of the molecule is CC(C)n1cncc1C(O)C1CCOC1. The van der Waals surface area contributed by atoms with Crippen molar-refractivity contribution in [3.05, 3.63) is 18.2 Å². The van der Waals surface area contributed by atoms with E-state index in [2.05, 4.69) is 18.8 Å². The lowest BCUT2D eigenvalue weighted by atomic mass is 9.99. The first-order valence-electron chi connectivity index (χ1n) is 5.47. The van der Waals surface area contributed by atoms with Crippen molar-refractivity contribution in [1.29, 1.82) is 0 Å². The maximum absolute atomic E-state index is 10.2. The van der Waals surface area contributed by atoms with E-state index in [1.807, 2.05) is 4.57 Å². The molecule has 2 rings (SSSR count). The maximum atomic E-state index is 10.2. The first-order chi connectivity index (χ1) is 7.20. The molecule has 84 valence electrons. The summed E-state index contributed by atoms with van der Waals surface area (Å²) in [5, 5.41) is 10.2. The fourth-order valence-corrected chi connectivity index (χ4v) is 2.02. The van der Waals surface area contributed by atoms with Crippen LogP contribution in [0.15, 0.2) is 12.5 Å². The number of hydrogen-bond acceptors (Lipinski definition) is 3.